The third-order valence-corrected chi connectivity index (χ3v) is 1.64. The molecule has 1 aromatic rings. The number of halogens is 1. The van der Waals surface area contributed by atoms with Crippen LogP contribution in [-0.4, -0.2) is 11.1 Å². The second-order valence-corrected chi connectivity index (χ2v) is 2.71. The van der Waals surface area contributed by atoms with Crippen molar-refractivity contribution < 1.29 is 18.9 Å². The highest BCUT2D eigenvalue weighted by Gasteiger charge is 2.10. The molecule has 0 spiro atoms. The van der Waals surface area contributed by atoms with Gasteiger partial charge in [-0.15, -0.1) is 0 Å². The summed E-state index contributed by atoms with van der Waals surface area (Å²) in [6, 6.07) is 9.22. The molecule has 1 rings (SSSR count). The summed E-state index contributed by atoms with van der Waals surface area (Å²) in [5.41, 5.74) is 6.40. The Morgan fingerprint density at radius 2 is 1.83 bits per heavy atom. The van der Waals surface area contributed by atoms with Crippen molar-refractivity contribution in [2.24, 2.45) is 5.73 Å². The molecule has 0 aliphatic rings. The van der Waals surface area contributed by atoms with Crippen LogP contribution in [0.25, 0.3) is 0 Å². The van der Waals surface area contributed by atoms with E-state index in [4.69, 9.17) is 5.73 Å². The van der Waals surface area contributed by atoms with Crippen molar-refractivity contribution in [3.05, 3.63) is 35.9 Å². The first-order chi connectivity index (χ1) is 5.22. The summed E-state index contributed by atoms with van der Waals surface area (Å²) >= 11 is 0. The first-order valence-corrected chi connectivity index (χ1v) is 3.70. The van der Waals surface area contributed by atoms with Crippen molar-refractivity contribution in [1.29, 1.82) is 0 Å². The second kappa shape index (κ2) is 5.14. The molecule has 0 saturated heterocycles. The summed E-state index contributed by atoms with van der Waals surface area (Å²) in [7, 11) is 0. The standard InChI is InChI=1S/C9H13NO.ClH/c1-7(10)9(11)8-5-3-2-4-6-8;/h2-7,9,11H,10H2,1H3;1H/t7-,9+;/m0./s1. The van der Waals surface area contributed by atoms with Gasteiger partial charge in [-0.2, -0.15) is 0 Å². The van der Waals surface area contributed by atoms with Crippen molar-refractivity contribution in [2.75, 3.05) is 0 Å². The molecule has 0 fully saturated rings. The van der Waals surface area contributed by atoms with Gasteiger partial charge in [0, 0.05) is 6.04 Å². The van der Waals surface area contributed by atoms with Crippen LogP contribution in [0, 0.1) is 0 Å². The predicted octanol–water partition coefficient (Wildman–Crippen LogP) is -1.82. The zero-order valence-electron chi connectivity index (χ0n) is 7.94. The van der Waals surface area contributed by atoms with Gasteiger partial charge in [0.05, 0.1) is 6.10 Å². The summed E-state index contributed by atoms with van der Waals surface area (Å²) in [6.45, 7) is 1.79. The molecule has 0 aliphatic carbocycles. The molecular weight excluding hydrogens is 174 g/mol. The van der Waals surface area contributed by atoms with Crippen molar-refractivity contribution >= 4 is 0 Å². The van der Waals surface area contributed by atoms with Crippen molar-refractivity contribution in [3.8, 4) is 0 Å². The van der Waals surface area contributed by atoms with Gasteiger partial charge in [0.2, 0.25) is 0 Å². The maximum Gasteiger partial charge on any atom is 1.00 e. The maximum absolute atomic E-state index is 9.47. The molecule has 0 bridgehead atoms. The van der Waals surface area contributed by atoms with E-state index in [9.17, 15) is 5.11 Å². The summed E-state index contributed by atoms with van der Waals surface area (Å²) in [5, 5.41) is 9.47. The first kappa shape index (κ1) is 11.4. The Balaban J connectivity index is 0. The van der Waals surface area contributed by atoms with E-state index in [0.29, 0.717) is 0 Å². The van der Waals surface area contributed by atoms with E-state index in [1.165, 1.54) is 0 Å². The van der Waals surface area contributed by atoms with E-state index in [2.05, 4.69) is 0 Å². The predicted molar refractivity (Wildman–Crippen MR) is 46.2 cm³/mol. The molecule has 3 heteroatoms. The van der Waals surface area contributed by atoms with Crippen molar-refractivity contribution in [1.82, 2.24) is 0 Å². The molecule has 2 nitrogen and oxygen atoms in total. The van der Waals surface area contributed by atoms with Crippen LogP contribution in [0.4, 0.5) is 0 Å². The van der Waals surface area contributed by atoms with Gasteiger partial charge in [-0.25, -0.2) is 0 Å². The third-order valence-electron chi connectivity index (χ3n) is 1.64. The fourth-order valence-electron chi connectivity index (χ4n) is 0.954. The Hall–Kier alpha value is -0.570. The monoisotopic (exact) mass is 187 g/mol. The molecule has 0 aliphatic heterocycles. The van der Waals surface area contributed by atoms with Gasteiger partial charge in [0.25, 0.3) is 0 Å². The molecule has 1 aromatic carbocycles. The number of hydrogen-bond donors (Lipinski definition) is 2. The summed E-state index contributed by atoms with van der Waals surface area (Å²) in [5.74, 6) is 0. The highest BCUT2D eigenvalue weighted by Crippen LogP contribution is 2.13. The van der Waals surface area contributed by atoms with Crippen LogP contribution in [0.3, 0.4) is 0 Å². The SMILES string of the molecule is C[C@H](N)[C@@H](O)c1ccccc1.[Cl-].[H+]. The minimum absolute atomic E-state index is 0. The van der Waals surface area contributed by atoms with Gasteiger partial charge in [0.1, 0.15) is 0 Å². The molecule has 0 saturated carbocycles. The van der Waals surface area contributed by atoms with Crippen LogP contribution in [0.15, 0.2) is 30.3 Å². The van der Waals surface area contributed by atoms with Crippen LogP contribution >= 0.6 is 0 Å². The Morgan fingerprint density at radius 1 is 1.33 bits per heavy atom. The Labute approximate surface area is 80.3 Å². The molecule has 12 heavy (non-hydrogen) atoms. The average molecular weight is 188 g/mol. The number of aliphatic hydroxyl groups is 1. The van der Waals surface area contributed by atoms with Gasteiger partial charge < -0.3 is 23.2 Å². The number of hydrogen-bond acceptors (Lipinski definition) is 2. The van der Waals surface area contributed by atoms with Gasteiger partial charge in [-0.05, 0) is 12.5 Å². The Morgan fingerprint density at radius 3 is 2.25 bits per heavy atom. The molecular formula is C9H14ClNO. The lowest BCUT2D eigenvalue weighted by atomic mass is 10.0. The van der Waals surface area contributed by atoms with Crippen LogP contribution in [0.1, 0.15) is 20.0 Å². The quantitative estimate of drug-likeness (QED) is 0.573. The normalized spacial score (nSPS) is 14.6. The van der Waals surface area contributed by atoms with Crippen LogP contribution in [0.5, 0.6) is 0 Å². The highest BCUT2D eigenvalue weighted by molar-refractivity contribution is 5.18. The summed E-state index contributed by atoms with van der Waals surface area (Å²) < 4.78 is 0. The molecule has 68 valence electrons. The molecule has 0 amide bonds. The summed E-state index contributed by atoms with van der Waals surface area (Å²) in [4.78, 5) is 0. The smallest absolute Gasteiger partial charge is 1.00 e. The van der Waals surface area contributed by atoms with Gasteiger partial charge in [-0.1, -0.05) is 30.3 Å². The fourth-order valence-corrected chi connectivity index (χ4v) is 0.954. The largest absolute Gasteiger partial charge is 1.00 e. The van der Waals surface area contributed by atoms with E-state index in [-0.39, 0.29) is 19.9 Å². The fraction of sp³-hybridized carbons (Fsp3) is 0.333. The van der Waals surface area contributed by atoms with E-state index in [1.807, 2.05) is 30.3 Å². The lowest BCUT2D eigenvalue weighted by Crippen LogP contribution is -3.00. The van der Waals surface area contributed by atoms with Crippen molar-refractivity contribution in [2.45, 2.75) is 19.1 Å². The van der Waals surface area contributed by atoms with Crippen LogP contribution < -0.4 is 18.1 Å². The number of rotatable bonds is 2. The minimum atomic E-state index is -0.545. The lowest BCUT2D eigenvalue weighted by molar-refractivity contribution is -0.00000372. The third kappa shape index (κ3) is 2.81. The van der Waals surface area contributed by atoms with E-state index in [0.717, 1.165) is 5.56 Å². The van der Waals surface area contributed by atoms with E-state index in [1.54, 1.807) is 6.92 Å². The molecule has 0 radical (unpaired) electrons. The van der Waals surface area contributed by atoms with Crippen LogP contribution in [-0.2, 0) is 0 Å². The Kier molecular flexibility index (Phi) is 4.90. The van der Waals surface area contributed by atoms with E-state index < -0.39 is 6.10 Å². The zero-order valence-corrected chi connectivity index (χ0v) is 7.70. The van der Waals surface area contributed by atoms with Gasteiger partial charge >= 0.3 is 1.43 Å². The maximum atomic E-state index is 9.47. The molecule has 3 N–H and O–H groups in total. The molecule has 2 atom stereocenters. The van der Waals surface area contributed by atoms with Crippen LogP contribution in [0.2, 0.25) is 0 Å². The van der Waals surface area contributed by atoms with Gasteiger partial charge in [-0.3, -0.25) is 0 Å². The zero-order chi connectivity index (χ0) is 8.27. The van der Waals surface area contributed by atoms with Crippen molar-refractivity contribution in [3.63, 3.8) is 0 Å². The number of aliphatic hydroxyl groups excluding tert-OH is 1. The first-order valence-electron chi connectivity index (χ1n) is 3.70. The number of benzene rings is 1. The molecule has 0 aromatic heterocycles. The molecule has 0 unspecified atom stereocenters. The lowest BCUT2D eigenvalue weighted by Gasteiger charge is -2.13. The topological polar surface area (TPSA) is 46.2 Å². The minimum Gasteiger partial charge on any atom is -1.00 e. The summed E-state index contributed by atoms with van der Waals surface area (Å²) in [6.07, 6.45) is -0.545. The second-order valence-electron chi connectivity index (χ2n) is 2.71. The molecule has 0 heterocycles. The average Bonchev–Trinajstić information content (AvgIpc) is 2.05. The number of nitrogens with two attached hydrogens (primary N) is 1. The van der Waals surface area contributed by atoms with Gasteiger partial charge in [0.15, 0.2) is 0 Å². The highest BCUT2D eigenvalue weighted by atomic mass is 35.5. The van der Waals surface area contributed by atoms with E-state index >= 15 is 0 Å². The Bertz CT molecular complexity index is 218.